The van der Waals surface area contributed by atoms with E-state index in [1.54, 1.807) is 11.8 Å². The van der Waals surface area contributed by atoms with E-state index in [0.29, 0.717) is 12.3 Å². The summed E-state index contributed by atoms with van der Waals surface area (Å²) in [6.07, 6.45) is 0.921. The van der Waals surface area contributed by atoms with Crippen molar-refractivity contribution >= 4 is 27.7 Å². The Bertz CT molecular complexity index is 865. The second-order valence-corrected chi connectivity index (χ2v) is 8.61. The first kappa shape index (κ1) is 23.9. The SMILES string of the molecule is CCc1ccc(OCC(=O)N(Cc2ccc(C)cc2)[C@H](C)C(=O)NC(C)C)c(Br)c1. The number of aryl methyl sites for hydroxylation is 2. The fraction of sp³-hybridized carbons (Fsp3) is 0.417. The molecule has 0 aliphatic heterocycles. The van der Waals surface area contributed by atoms with Crippen molar-refractivity contribution in [2.75, 3.05) is 6.61 Å². The average Bonchev–Trinajstić information content (AvgIpc) is 2.71. The van der Waals surface area contributed by atoms with Crippen LogP contribution >= 0.6 is 15.9 Å². The largest absolute Gasteiger partial charge is 0.483 e. The third-order valence-corrected chi connectivity index (χ3v) is 5.45. The van der Waals surface area contributed by atoms with Crippen molar-refractivity contribution in [3.05, 3.63) is 63.6 Å². The predicted molar refractivity (Wildman–Crippen MR) is 123 cm³/mol. The lowest BCUT2D eigenvalue weighted by Gasteiger charge is -2.29. The highest BCUT2D eigenvalue weighted by Gasteiger charge is 2.27. The Morgan fingerprint density at radius 2 is 1.70 bits per heavy atom. The van der Waals surface area contributed by atoms with Crippen LogP contribution in [0.3, 0.4) is 0 Å². The molecule has 0 spiro atoms. The molecule has 5 nitrogen and oxygen atoms in total. The number of hydrogen-bond acceptors (Lipinski definition) is 3. The molecular weight excluding hydrogens is 444 g/mol. The number of nitrogens with one attached hydrogen (secondary N) is 1. The number of carbonyl (C=O) groups is 2. The van der Waals surface area contributed by atoms with Crippen LogP contribution in [0.15, 0.2) is 46.9 Å². The molecule has 1 atom stereocenters. The molecule has 2 rings (SSSR count). The summed E-state index contributed by atoms with van der Waals surface area (Å²) in [7, 11) is 0. The molecule has 0 saturated carbocycles. The normalized spacial score (nSPS) is 11.8. The standard InChI is InChI=1S/C24H31BrN2O3/c1-6-19-11-12-22(21(25)13-19)30-15-23(28)27(18(5)24(29)26-16(2)3)14-20-9-7-17(4)8-10-20/h7-13,16,18H,6,14-15H2,1-5H3,(H,26,29)/t18-/m1/s1. The average molecular weight is 475 g/mol. The summed E-state index contributed by atoms with van der Waals surface area (Å²) in [5, 5.41) is 2.89. The Kier molecular flexibility index (Phi) is 8.90. The van der Waals surface area contributed by atoms with E-state index in [-0.39, 0.29) is 24.5 Å². The van der Waals surface area contributed by atoms with Gasteiger partial charge in [0.2, 0.25) is 5.91 Å². The van der Waals surface area contributed by atoms with Gasteiger partial charge in [0.05, 0.1) is 4.47 Å². The molecule has 2 amide bonds. The Labute approximate surface area is 187 Å². The van der Waals surface area contributed by atoms with Crippen molar-refractivity contribution in [3.8, 4) is 5.75 Å². The smallest absolute Gasteiger partial charge is 0.261 e. The minimum atomic E-state index is -0.615. The fourth-order valence-electron chi connectivity index (χ4n) is 2.98. The van der Waals surface area contributed by atoms with Crippen LogP contribution in [0.4, 0.5) is 0 Å². The number of benzene rings is 2. The van der Waals surface area contributed by atoms with Gasteiger partial charge in [-0.3, -0.25) is 9.59 Å². The van der Waals surface area contributed by atoms with Crippen molar-refractivity contribution in [3.63, 3.8) is 0 Å². The zero-order valence-electron chi connectivity index (χ0n) is 18.4. The molecule has 1 N–H and O–H groups in total. The fourth-order valence-corrected chi connectivity index (χ4v) is 3.52. The van der Waals surface area contributed by atoms with Crippen LogP contribution in [0, 0.1) is 6.92 Å². The van der Waals surface area contributed by atoms with E-state index in [1.165, 1.54) is 5.56 Å². The van der Waals surface area contributed by atoms with Gasteiger partial charge in [-0.15, -0.1) is 0 Å². The molecule has 2 aromatic rings. The molecule has 0 heterocycles. The van der Waals surface area contributed by atoms with Crippen LogP contribution < -0.4 is 10.1 Å². The predicted octanol–water partition coefficient (Wildman–Crippen LogP) is 4.64. The molecular formula is C24H31BrN2O3. The minimum Gasteiger partial charge on any atom is -0.483 e. The Morgan fingerprint density at radius 1 is 1.07 bits per heavy atom. The van der Waals surface area contributed by atoms with Crippen LogP contribution in [-0.4, -0.2) is 35.4 Å². The van der Waals surface area contributed by atoms with Crippen LogP contribution in [0.2, 0.25) is 0 Å². The number of nitrogens with zero attached hydrogens (tertiary/aromatic N) is 1. The Balaban J connectivity index is 2.16. The van der Waals surface area contributed by atoms with Crippen LogP contribution in [0.25, 0.3) is 0 Å². The first-order valence-corrected chi connectivity index (χ1v) is 11.1. The summed E-state index contributed by atoms with van der Waals surface area (Å²) in [4.78, 5) is 27.2. The number of ether oxygens (including phenoxy) is 1. The number of hydrogen-bond donors (Lipinski definition) is 1. The summed E-state index contributed by atoms with van der Waals surface area (Å²) in [5.74, 6) is 0.183. The van der Waals surface area contributed by atoms with E-state index in [2.05, 4.69) is 28.2 Å². The van der Waals surface area contributed by atoms with Gasteiger partial charge in [-0.05, 0) is 73.3 Å². The van der Waals surface area contributed by atoms with Crippen LogP contribution in [0.5, 0.6) is 5.75 Å². The maximum atomic E-state index is 13.1. The summed E-state index contributed by atoms with van der Waals surface area (Å²) in [6.45, 7) is 9.84. The zero-order valence-corrected chi connectivity index (χ0v) is 20.0. The molecule has 0 bridgehead atoms. The lowest BCUT2D eigenvalue weighted by atomic mass is 10.1. The van der Waals surface area contributed by atoms with Gasteiger partial charge in [0.25, 0.3) is 5.91 Å². The summed E-state index contributed by atoms with van der Waals surface area (Å²) < 4.78 is 6.59. The van der Waals surface area contributed by atoms with Crippen molar-refractivity contribution in [2.24, 2.45) is 0 Å². The number of carbonyl (C=O) groups excluding carboxylic acids is 2. The second kappa shape index (κ2) is 11.2. The number of halogens is 1. The third kappa shape index (κ3) is 6.87. The van der Waals surface area contributed by atoms with Gasteiger partial charge in [-0.2, -0.15) is 0 Å². The van der Waals surface area contributed by atoms with Crippen molar-refractivity contribution in [1.29, 1.82) is 0 Å². The summed E-state index contributed by atoms with van der Waals surface area (Å²) in [5.41, 5.74) is 3.29. The summed E-state index contributed by atoms with van der Waals surface area (Å²) in [6, 6.07) is 13.2. The molecule has 162 valence electrons. The molecule has 0 aromatic heterocycles. The van der Waals surface area contributed by atoms with E-state index >= 15 is 0 Å². The van der Waals surface area contributed by atoms with Crippen molar-refractivity contribution in [2.45, 2.75) is 59.7 Å². The molecule has 30 heavy (non-hydrogen) atoms. The monoisotopic (exact) mass is 474 g/mol. The zero-order chi connectivity index (χ0) is 22.3. The molecule has 0 fully saturated rings. The number of rotatable bonds is 9. The Hall–Kier alpha value is -2.34. The number of amides is 2. The first-order valence-electron chi connectivity index (χ1n) is 10.3. The van der Waals surface area contributed by atoms with E-state index in [4.69, 9.17) is 4.74 Å². The first-order chi connectivity index (χ1) is 14.2. The molecule has 0 unspecified atom stereocenters. The highest BCUT2D eigenvalue weighted by molar-refractivity contribution is 9.10. The van der Waals surface area contributed by atoms with Gasteiger partial charge in [0, 0.05) is 12.6 Å². The molecule has 0 aliphatic rings. The quantitative estimate of drug-likeness (QED) is 0.575. The molecule has 2 aromatic carbocycles. The van der Waals surface area contributed by atoms with E-state index < -0.39 is 6.04 Å². The maximum absolute atomic E-state index is 13.1. The van der Waals surface area contributed by atoms with Crippen LogP contribution in [0.1, 0.15) is 44.4 Å². The van der Waals surface area contributed by atoms with E-state index in [1.807, 2.05) is 63.2 Å². The van der Waals surface area contributed by atoms with Gasteiger partial charge in [-0.1, -0.05) is 42.8 Å². The lowest BCUT2D eigenvalue weighted by molar-refractivity contribution is -0.142. The topological polar surface area (TPSA) is 58.6 Å². The minimum absolute atomic E-state index is 0.000521. The van der Waals surface area contributed by atoms with E-state index in [0.717, 1.165) is 22.0 Å². The van der Waals surface area contributed by atoms with Crippen molar-refractivity contribution < 1.29 is 14.3 Å². The second-order valence-electron chi connectivity index (χ2n) is 7.75. The molecule has 0 radical (unpaired) electrons. The van der Waals surface area contributed by atoms with Gasteiger partial charge in [-0.25, -0.2) is 0 Å². The maximum Gasteiger partial charge on any atom is 0.261 e. The lowest BCUT2D eigenvalue weighted by Crippen LogP contribution is -2.50. The third-order valence-electron chi connectivity index (χ3n) is 4.83. The van der Waals surface area contributed by atoms with Gasteiger partial charge < -0.3 is 15.0 Å². The Morgan fingerprint density at radius 3 is 2.27 bits per heavy atom. The highest BCUT2D eigenvalue weighted by atomic mass is 79.9. The van der Waals surface area contributed by atoms with E-state index in [9.17, 15) is 9.59 Å². The molecule has 0 aliphatic carbocycles. The van der Waals surface area contributed by atoms with Crippen molar-refractivity contribution in [1.82, 2.24) is 10.2 Å². The van der Waals surface area contributed by atoms with Gasteiger partial charge in [0.1, 0.15) is 11.8 Å². The summed E-state index contributed by atoms with van der Waals surface area (Å²) >= 11 is 3.50. The molecule has 6 heteroatoms. The van der Waals surface area contributed by atoms with Gasteiger partial charge >= 0.3 is 0 Å². The highest BCUT2D eigenvalue weighted by Crippen LogP contribution is 2.26. The van der Waals surface area contributed by atoms with Gasteiger partial charge in [0.15, 0.2) is 6.61 Å². The van der Waals surface area contributed by atoms with Crippen LogP contribution in [-0.2, 0) is 22.6 Å². The molecule has 0 saturated heterocycles.